The van der Waals surface area contributed by atoms with E-state index in [-0.39, 0.29) is 39.6 Å². The lowest BCUT2D eigenvalue weighted by molar-refractivity contribution is -0.226. The van der Waals surface area contributed by atoms with E-state index in [1.165, 1.54) is 0 Å². The Kier molecular flexibility index (Phi) is 24.2. The molecule has 0 saturated heterocycles. The van der Waals surface area contributed by atoms with Crippen LogP contribution in [0.4, 0.5) is 0 Å². The molecule has 0 aliphatic rings. The van der Waals surface area contributed by atoms with E-state index in [0.717, 1.165) is 0 Å². The average Bonchev–Trinajstić information content (AvgIpc) is 2.89. The molecule has 0 fully saturated rings. The van der Waals surface area contributed by atoms with Crippen molar-refractivity contribution >= 4 is 46.2 Å². The second-order valence-electron chi connectivity index (χ2n) is 7.00. The second-order valence-corrected chi connectivity index (χ2v) is 17.2. The highest BCUT2D eigenvalue weighted by atomic mass is 28.5. The van der Waals surface area contributed by atoms with Crippen LogP contribution >= 0.6 is 0 Å². The minimum absolute atomic E-state index is 0.131. The zero-order valence-electron chi connectivity index (χ0n) is 25.8. The molecule has 0 aromatic heterocycles. The van der Waals surface area contributed by atoms with Gasteiger partial charge >= 0.3 is 46.2 Å². The largest absolute Gasteiger partial charge is 0.701 e. The Morgan fingerprint density at radius 1 is 0.375 bits per heavy atom. The summed E-state index contributed by atoms with van der Waals surface area (Å²) >= 11 is 0. The molecule has 0 heterocycles. The van der Waals surface area contributed by atoms with Crippen molar-refractivity contribution in [1.29, 1.82) is 0 Å². The lowest BCUT2D eigenvalue weighted by atomic mass is 10.9. The van der Waals surface area contributed by atoms with Gasteiger partial charge in [0, 0.05) is 66.1 Å². The van der Waals surface area contributed by atoms with Crippen LogP contribution in [-0.4, -0.2) is 112 Å². The summed E-state index contributed by atoms with van der Waals surface area (Å²) in [4.78, 5) is 0. The van der Waals surface area contributed by atoms with Gasteiger partial charge in [0.2, 0.25) is 0 Å². The summed E-state index contributed by atoms with van der Waals surface area (Å²) in [7, 11) is -18.1. The smallest absolute Gasteiger partial charge is 0.377 e. The fourth-order valence-corrected chi connectivity index (χ4v) is 15.2. The van der Waals surface area contributed by atoms with Crippen molar-refractivity contribution in [3.63, 3.8) is 0 Å². The molecular formula is C20H52O15Si5. The lowest BCUT2D eigenvalue weighted by Gasteiger charge is -2.39. The summed E-state index contributed by atoms with van der Waals surface area (Å²) in [5.74, 6) is 0. The maximum Gasteiger partial charge on any atom is 0.701 e. The fraction of sp³-hybridized carbons (Fsp3) is 1.00. The van der Waals surface area contributed by atoms with E-state index in [9.17, 15) is 0 Å². The van der Waals surface area contributed by atoms with Crippen LogP contribution in [-0.2, 0) is 65.8 Å². The van der Waals surface area contributed by atoms with Crippen molar-refractivity contribution < 1.29 is 65.8 Å². The molecular weight excluding hydrogens is 621 g/mol. The minimum Gasteiger partial charge on any atom is -0.377 e. The van der Waals surface area contributed by atoms with Crippen LogP contribution in [0, 0.1) is 0 Å². The van der Waals surface area contributed by atoms with Crippen LogP contribution in [0.15, 0.2) is 0 Å². The monoisotopic (exact) mass is 672 g/mol. The van der Waals surface area contributed by atoms with Gasteiger partial charge in [0.1, 0.15) is 0 Å². The van der Waals surface area contributed by atoms with E-state index >= 15 is 0 Å². The quantitative estimate of drug-likeness (QED) is 0.0651. The molecule has 0 unspecified atom stereocenters. The molecule has 0 aliphatic carbocycles. The van der Waals surface area contributed by atoms with E-state index in [4.69, 9.17) is 65.8 Å². The van der Waals surface area contributed by atoms with Gasteiger partial charge in [-0.3, -0.25) is 0 Å². The molecule has 242 valence electrons. The van der Waals surface area contributed by atoms with Crippen LogP contribution < -0.4 is 0 Å². The zero-order valence-corrected chi connectivity index (χ0v) is 31.2. The Labute approximate surface area is 247 Å². The summed E-state index contributed by atoms with van der Waals surface area (Å²) in [5.41, 5.74) is 0. The summed E-state index contributed by atoms with van der Waals surface area (Å²) < 4.78 is 89.0. The Hall–Kier alpha value is 0.484. The van der Waals surface area contributed by atoms with E-state index < -0.39 is 46.2 Å². The number of hydrogen-bond acceptors (Lipinski definition) is 15. The maximum atomic E-state index is 6.47. The highest BCUT2D eigenvalue weighted by Crippen LogP contribution is 2.28. The molecule has 20 heteroatoms. The topological polar surface area (TPSA) is 138 Å². The average molecular weight is 673 g/mol. The highest BCUT2D eigenvalue weighted by molar-refractivity contribution is 6.76. The van der Waals surface area contributed by atoms with E-state index in [0.29, 0.717) is 26.4 Å². The standard InChI is InChI=1S/C20H52O15Si5/c1-11-21-36(22-12-2)31-32-38(25-15-5,26-16-6)34-40(29-19-9,30-20-10)35-39(27-17-7,28-18-8)33-37(23-13-3)24-14-4/h36-37H,11-20H2,1-10H3. The van der Waals surface area contributed by atoms with Crippen molar-refractivity contribution in [2.45, 2.75) is 69.2 Å². The molecule has 0 bridgehead atoms. The second kappa shape index (κ2) is 23.9. The van der Waals surface area contributed by atoms with Gasteiger partial charge in [-0.2, -0.15) is 0 Å². The normalized spacial score (nSPS) is 13.2. The number of rotatable bonds is 29. The Balaban J connectivity index is 6.65. The van der Waals surface area contributed by atoms with Gasteiger partial charge in [0.25, 0.3) is 0 Å². The fourth-order valence-electron chi connectivity index (χ4n) is 2.89. The van der Waals surface area contributed by atoms with Gasteiger partial charge in [-0.25, -0.2) is 9.15 Å². The van der Waals surface area contributed by atoms with Crippen LogP contribution in [0.2, 0.25) is 0 Å². The Morgan fingerprint density at radius 3 is 1.07 bits per heavy atom. The van der Waals surface area contributed by atoms with E-state index in [1.54, 1.807) is 41.5 Å². The SMILES string of the molecule is CCO[SiH](OCC)OO[Si](OCC)(OCC)O[Si](OCC)(OCC)O[Si](OCC)(OCC)O[SiH](OCC)OCC. The van der Waals surface area contributed by atoms with E-state index in [1.807, 2.05) is 27.7 Å². The maximum absolute atomic E-state index is 6.47. The predicted molar refractivity (Wildman–Crippen MR) is 153 cm³/mol. The van der Waals surface area contributed by atoms with Crippen LogP contribution in [0.1, 0.15) is 69.2 Å². The first-order chi connectivity index (χ1) is 19.3. The number of hydrogen-bond donors (Lipinski definition) is 0. The third kappa shape index (κ3) is 15.3. The molecule has 0 aromatic rings. The first-order valence-corrected chi connectivity index (χ1v) is 21.7. The molecule has 0 radical (unpaired) electrons. The lowest BCUT2D eigenvalue weighted by Crippen LogP contribution is -2.68. The van der Waals surface area contributed by atoms with Crippen molar-refractivity contribution in [3.05, 3.63) is 0 Å². The van der Waals surface area contributed by atoms with Crippen molar-refractivity contribution in [2.75, 3.05) is 66.1 Å². The first-order valence-electron chi connectivity index (χ1n) is 14.0. The van der Waals surface area contributed by atoms with Gasteiger partial charge in [-0.1, -0.05) is 0 Å². The summed E-state index contributed by atoms with van der Waals surface area (Å²) in [6.45, 7) is 20.2. The van der Waals surface area contributed by atoms with Gasteiger partial charge in [-0.15, -0.1) is 0 Å². The van der Waals surface area contributed by atoms with Gasteiger partial charge in [-0.05, 0) is 69.2 Å². The first kappa shape index (κ1) is 40.5. The molecule has 0 aliphatic heterocycles. The van der Waals surface area contributed by atoms with E-state index in [2.05, 4.69) is 0 Å². The molecule has 15 nitrogen and oxygen atoms in total. The third-order valence-corrected chi connectivity index (χ3v) is 17.1. The molecule has 0 aromatic carbocycles. The van der Waals surface area contributed by atoms with Gasteiger partial charge in [0.05, 0.1) is 0 Å². The molecule has 0 amide bonds. The van der Waals surface area contributed by atoms with Gasteiger partial charge in [0.15, 0.2) is 0 Å². The molecule has 0 spiro atoms. The van der Waals surface area contributed by atoms with Crippen LogP contribution in [0.5, 0.6) is 0 Å². The third-order valence-electron chi connectivity index (χ3n) is 4.11. The molecule has 0 atom stereocenters. The Bertz CT molecular complexity index is 570. The molecule has 0 N–H and O–H groups in total. The minimum atomic E-state index is -4.30. The van der Waals surface area contributed by atoms with Gasteiger partial charge < -0.3 is 56.6 Å². The Morgan fingerprint density at radius 2 is 0.700 bits per heavy atom. The van der Waals surface area contributed by atoms with Crippen molar-refractivity contribution in [2.24, 2.45) is 0 Å². The van der Waals surface area contributed by atoms with Crippen molar-refractivity contribution in [1.82, 2.24) is 0 Å². The molecule has 40 heavy (non-hydrogen) atoms. The zero-order chi connectivity index (χ0) is 30.3. The van der Waals surface area contributed by atoms with Crippen LogP contribution in [0.25, 0.3) is 0 Å². The predicted octanol–water partition coefficient (Wildman–Crippen LogP) is 2.09. The summed E-state index contributed by atoms with van der Waals surface area (Å²) in [6.07, 6.45) is 0. The van der Waals surface area contributed by atoms with Crippen molar-refractivity contribution in [3.8, 4) is 0 Å². The molecule has 0 rings (SSSR count). The highest BCUT2D eigenvalue weighted by Gasteiger charge is 2.67. The molecule has 0 saturated carbocycles. The summed E-state index contributed by atoms with van der Waals surface area (Å²) in [5, 5.41) is 0. The summed E-state index contributed by atoms with van der Waals surface area (Å²) in [6, 6.07) is 0. The van der Waals surface area contributed by atoms with Crippen LogP contribution in [0.3, 0.4) is 0 Å².